The summed E-state index contributed by atoms with van der Waals surface area (Å²) >= 11 is 0. The molecule has 3 aromatic carbocycles. The smallest absolute Gasteiger partial charge is 0.295 e. The van der Waals surface area contributed by atoms with Crippen molar-refractivity contribution in [3.63, 3.8) is 0 Å². The third-order valence-corrected chi connectivity index (χ3v) is 6.01. The van der Waals surface area contributed by atoms with E-state index in [4.69, 9.17) is 9.47 Å². The van der Waals surface area contributed by atoms with Crippen molar-refractivity contribution in [3.8, 4) is 11.5 Å². The minimum atomic E-state index is -0.860. The molecule has 7 heteroatoms. The Kier molecular flexibility index (Phi) is 6.87. The topological polar surface area (TPSA) is 76.1 Å². The number of benzene rings is 3. The summed E-state index contributed by atoms with van der Waals surface area (Å²) in [7, 11) is 1.54. The predicted octanol–water partition coefficient (Wildman–Crippen LogP) is 5.16. The molecule has 180 valence electrons. The van der Waals surface area contributed by atoms with E-state index < -0.39 is 23.5 Å². The second-order valence-electron chi connectivity index (χ2n) is 8.20. The zero-order valence-corrected chi connectivity index (χ0v) is 19.7. The Morgan fingerprint density at radius 3 is 2.43 bits per heavy atom. The van der Waals surface area contributed by atoms with Crippen molar-refractivity contribution >= 4 is 17.4 Å². The quantitative estimate of drug-likeness (QED) is 0.290. The molecule has 1 heterocycles. The molecule has 1 unspecified atom stereocenters. The Balaban J connectivity index is 1.86. The third-order valence-electron chi connectivity index (χ3n) is 6.01. The molecule has 6 nitrogen and oxygen atoms in total. The van der Waals surface area contributed by atoms with Crippen LogP contribution in [0.4, 0.5) is 4.39 Å². The molecule has 0 spiro atoms. The van der Waals surface area contributed by atoms with Crippen LogP contribution >= 0.6 is 0 Å². The fourth-order valence-corrected chi connectivity index (χ4v) is 4.27. The minimum absolute atomic E-state index is 0.0555. The largest absolute Gasteiger partial charge is 0.507 e. The number of Topliss-reactive ketones (excluding diaryl/α,β-unsaturated/α-hetero) is 1. The van der Waals surface area contributed by atoms with Crippen molar-refractivity contribution in [1.29, 1.82) is 0 Å². The summed E-state index contributed by atoms with van der Waals surface area (Å²) in [5, 5.41) is 11.2. The van der Waals surface area contributed by atoms with E-state index >= 15 is 0 Å². The number of hydrogen-bond donors (Lipinski definition) is 1. The Labute approximate surface area is 203 Å². The molecule has 1 aliphatic heterocycles. The maximum atomic E-state index is 13.8. The molecular weight excluding hydrogens is 449 g/mol. The highest BCUT2D eigenvalue weighted by atomic mass is 19.1. The van der Waals surface area contributed by atoms with Gasteiger partial charge >= 0.3 is 0 Å². The summed E-state index contributed by atoms with van der Waals surface area (Å²) in [5.74, 6) is -1.11. The van der Waals surface area contributed by atoms with E-state index in [1.165, 1.54) is 30.2 Å². The minimum Gasteiger partial charge on any atom is -0.507 e. The standard InChI is InChI=1S/C28H26FNO5/c1-4-35-21-12-9-18(10-13-21)25-24(26(31)19-11-14-22(29)17(2)15-19)27(32)28(33)30(25)16-20-7-5-6-8-23(20)34-3/h5-15,25,31H,4,16H2,1-3H3/b26-24-. The van der Waals surface area contributed by atoms with Gasteiger partial charge in [-0.25, -0.2) is 4.39 Å². The maximum Gasteiger partial charge on any atom is 0.295 e. The van der Waals surface area contributed by atoms with Crippen LogP contribution in [-0.4, -0.2) is 35.4 Å². The van der Waals surface area contributed by atoms with Gasteiger partial charge in [0.25, 0.3) is 11.7 Å². The molecule has 1 N–H and O–H groups in total. The van der Waals surface area contributed by atoms with E-state index in [9.17, 15) is 19.1 Å². The average molecular weight is 476 g/mol. The van der Waals surface area contributed by atoms with Crippen molar-refractivity contribution in [1.82, 2.24) is 4.90 Å². The summed E-state index contributed by atoms with van der Waals surface area (Å²) in [6.07, 6.45) is 0. The van der Waals surface area contributed by atoms with Crippen LogP contribution in [0.1, 0.15) is 35.2 Å². The summed E-state index contributed by atoms with van der Waals surface area (Å²) < 4.78 is 24.8. The van der Waals surface area contributed by atoms with Crippen molar-refractivity contribution in [2.75, 3.05) is 13.7 Å². The molecule has 1 saturated heterocycles. The van der Waals surface area contributed by atoms with Crippen molar-refractivity contribution in [2.45, 2.75) is 26.4 Å². The normalized spacial score (nSPS) is 17.0. The summed E-state index contributed by atoms with van der Waals surface area (Å²) in [4.78, 5) is 27.9. The highest BCUT2D eigenvalue weighted by Gasteiger charge is 2.46. The average Bonchev–Trinajstić information content (AvgIpc) is 3.11. The summed E-state index contributed by atoms with van der Waals surface area (Å²) in [5.41, 5.74) is 1.86. The number of aryl methyl sites for hydroxylation is 1. The number of ketones is 1. The van der Waals surface area contributed by atoms with Gasteiger partial charge in [-0.05, 0) is 61.4 Å². The number of methoxy groups -OCH3 is 1. The van der Waals surface area contributed by atoms with E-state index in [-0.39, 0.29) is 23.4 Å². The van der Waals surface area contributed by atoms with Gasteiger partial charge in [-0.1, -0.05) is 30.3 Å². The monoisotopic (exact) mass is 475 g/mol. The summed E-state index contributed by atoms with van der Waals surface area (Å²) in [6, 6.07) is 17.5. The number of rotatable bonds is 7. The molecule has 4 rings (SSSR count). The van der Waals surface area contributed by atoms with E-state index in [1.54, 1.807) is 37.3 Å². The number of halogens is 1. The molecule has 0 saturated carbocycles. The number of carbonyl (C=O) groups is 2. The van der Waals surface area contributed by atoms with Crippen LogP contribution in [0.3, 0.4) is 0 Å². The fraction of sp³-hybridized carbons (Fsp3) is 0.214. The van der Waals surface area contributed by atoms with Gasteiger partial charge in [-0.15, -0.1) is 0 Å². The zero-order valence-electron chi connectivity index (χ0n) is 19.7. The van der Waals surface area contributed by atoms with Gasteiger partial charge in [0.2, 0.25) is 0 Å². The van der Waals surface area contributed by atoms with Crippen LogP contribution < -0.4 is 9.47 Å². The highest BCUT2D eigenvalue weighted by molar-refractivity contribution is 6.46. The Morgan fingerprint density at radius 2 is 1.77 bits per heavy atom. The lowest BCUT2D eigenvalue weighted by molar-refractivity contribution is -0.140. The maximum absolute atomic E-state index is 13.8. The molecule has 35 heavy (non-hydrogen) atoms. The van der Waals surface area contributed by atoms with Gasteiger partial charge in [-0.2, -0.15) is 0 Å². The van der Waals surface area contributed by atoms with Crippen molar-refractivity contribution in [3.05, 3.63) is 100 Å². The Morgan fingerprint density at radius 1 is 1.06 bits per heavy atom. The molecule has 0 bridgehead atoms. The lowest BCUT2D eigenvalue weighted by Crippen LogP contribution is -2.29. The molecular formula is C28H26FNO5. The number of nitrogens with zero attached hydrogens (tertiary/aromatic N) is 1. The molecule has 1 atom stereocenters. The van der Waals surface area contributed by atoms with E-state index in [0.717, 1.165) is 0 Å². The van der Waals surface area contributed by atoms with Gasteiger partial charge in [0.1, 0.15) is 23.1 Å². The fourth-order valence-electron chi connectivity index (χ4n) is 4.27. The predicted molar refractivity (Wildman–Crippen MR) is 130 cm³/mol. The van der Waals surface area contributed by atoms with Gasteiger partial charge in [0.05, 0.1) is 31.9 Å². The summed E-state index contributed by atoms with van der Waals surface area (Å²) in [6.45, 7) is 4.03. The van der Waals surface area contributed by atoms with Gasteiger partial charge < -0.3 is 19.5 Å². The second-order valence-corrected chi connectivity index (χ2v) is 8.20. The van der Waals surface area contributed by atoms with E-state index in [1.807, 2.05) is 25.1 Å². The molecule has 3 aromatic rings. The van der Waals surface area contributed by atoms with Gasteiger partial charge in [0.15, 0.2) is 0 Å². The van der Waals surface area contributed by atoms with Crippen LogP contribution in [0.25, 0.3) is 5.76 Å². The first-order chi connectivity index (χ1) is 16.8. The Hall–Kier alpha value is -4.13. The first-order valence-corrected chi connectivity index (χ1v) is 11.2. The SMILES string of the molecule is CCOc1ccc(C2/C(=C(/O)c3ccc(F)c(C)c3)C(=O)C(=O)N2Cc2ccccc2OC)cc1. The first-order valence-electron chi connectivity index (χ1n) is 11.2. The van der Waals surface area contributed by atoms with Crippen molar-refractivity contribution in [2.24, 2.45) is 0 Å². The first kappa shape index (κ1) is 24.0. The number of aliphatic hydroxyl groups is 1. The third kappa shape index (κ3) is 4.62. The van der Waals surface area contributed by atoms with Gasteiger partial charge in [-0.3, -0.25) is 9.59 Å². The van der Waals surface area contributed by atoms with Crippen LogP contribution in [0, 0.1) is 12.7 Å². The highest BCUT2D eigenvalue weighted by Crippen LogP contribution is 2.41. The van der Waals surface area contributed by atoms with Crippen LogP contribution in [0.5, 0.6) is 11.5 Å². The lowest BCUT2D eigenvalue weighted by atomic mass is 9.94. The van der Waals surface area contributed by atoms with E-state index in [0.29, 0.717) is 34.8 Å². The second kappa shape index (κ2) is 10.0. The van der Waals surface area contributed by atoms with Gasteiger partial charge in [0, 0.05) is 11.1 Å². The molecule has 1 fully saturated rings. The molecule has 1 amide bonds. The number of para-hydroxylation sites is 1. The number of hydrogen-bond acceptors (Lipinski definition) is 5. The number of ether oxygens (including phenoxy) is 2. The number of carbonyl (C=O) groups excluding carboxylic acids is 2. The zero-order chi connectivity index (χ0) is 25.1. The van der Waals surface area contributed by atoms with Crippen molar-refractivity contribution < 1.29 is 28.6 Å². The molecule has 0 aromatic heterocycles. The Bertz CT molecular complexity index is 1300. The van der Waals surface area contributed by atoms with Crippen LogP contribution in [-0.2, 0) is 16.1 Å². The molecule has 1 aliphatic rings. The van der Waals surface area contributed by atoms with Crippen LogP contribution in [0.2, 0.25) is 0 Å². The van der Waals surface area contributed by atoms with E-state index in [2.05, 4.69) is 0 Å². The lowest BCUT2D eigenvalue weighted by Gasteiger charge is -2.26. The number of likely N-dealkylation sites (tertiary alicyclic amines) is 1. The number of amides is 1. The molecule has 0 aliphatic carbocycles. The number of aliphatic hydroxyl groups excluding tert-OH is 1. The van der Waals surface area contributed by atoms with Crippen LogP contribution in [0.15, 0.2) is 72.3 Å². The molecule has 0 radical (unpaired) electrons.